The molecule has 1 heterocycles. The molecule has 1 aromatic heterocycles. The van der Waals surface area contributed by atoms with Crippen molar-refractivity contribution in [3.05, 3.63) is 35.6 Å². The van der Waals surface area contributed by atoms with Gasteiger partial charge in [0, 0.05) is 37.0 Å². The van der Waals surface area contributed by atoms with E-state index in [1.165, 1.54) is 23.8 Å². The summed E-state index contributed by atoms with van der Waals surface area (Å²) in [5.74, 6) is 1.16. The number of hydrogen-bond acceptors (Lipinski definition) is 3. The van der Waals surface area contributed by atoms with Gasteiger partial charge in [-0.1, -0.05) is 31.5 Å². The number of furan rings is 1. The molecule has 2 aromatic rings. The minimum atomic E-state index is 0.893. The third kappa shape index (κ3) is 3.84. The van der Waals surface area contributed by atoms with Gasteiger partial charge in [0.2, 0.25) is 0 Å². The first-order chi connectivity index (χ1) is 9.72. The van der Waals surface area contributed by atoms with Gasteiger partial charge in [-0.05, 0) is 26.6 Å². The largest absolute Gasteiger partial charge is 0.461 e. The van der Waals surface area contributed by atoms with Crippen LogP contribution in [0.15, 0.2) is 28.7 Å². The van der Waals surface area contributed by atoms with Gasteiger partial charge in [-0.15, -0.1) is 0 Å². The Bertz CT molecular complexity index is 531. The monoisotopic (exact) mass is 274 g/mol. The Balaban J connectivity index is 2.11. The fraction of sp³-hybridized carbons (Fsp3) is 0.529. The molecule has 3 heteroatoms. The molecule has 0 aliphatic carbocycles. The molecular weight excluding hydrogens is 248 g/mol. The van der Waals surface area contributed by atoms with E-state index in [-0.39, 0.29) is 0 Å². The molecule has 1 aromatic carbocycles. The van der Waals surface area contributed by atoms with Crippen molar-refractivity contribution < 1.29 is 4.42 Å². The predicted octanol–water partition coefficient (Wildman–Crippen LogP) is 3.43. The molecular formula is C17H26N2O. The van der Waals surface area contributed by atoms with Crippen molar-refractivity contribution in [2.75, 3.05) is 27.2 Å². The summed E-state index contributed by atoms with van der Waals surface area (Å²) < 4.78 is 6.03. The molecule has 0 atom stereocenters. The first-order valence-corrected chi connectivity index (χ1v) is 7.57. The van der Waals surface area contributed by atoms with Crippen LogP contribution in [-0.2, 0) is 13.0 Å². The average Bonchev–Trinajstić information content (AvgIpc) is 2.79. The number of hydrogen-bond donors (Lipinski definition) is 1. The van der Waals surface area contributed by atoms with Crippen LogP contribution < -0.4 is 5.32 Å². The number of aryl methyl sites for hydroxylation is 1. The van der Waals surface area contributed by atoms with E-state index in [0.717, 1.165) is 37.4 Å². The van der Waals surface area contributed by atoms with Crippen molar-refractivity contribution in [3.8, 4) is 0 Å². The lowest BCUT2D eigenvalue weighted by atomic mass is 10.1. The van der Waals surface area contributed by atoms with Gasteiger partial charge in [0.25, 0.3) is 0 Å². The van der Waals surface area contributed by atoms with Gasteiger partial charge in [-0.3, -0.25) is 0 Å². The number of nitrogens with one attached hydrogen (secondary N) is 1. The SMILES string of the molecule is CCCCc1oc2ccccc2c1CNCCN(C)C. The molecule has 0 fully saturated rings. The molecule has 0 aliphatic rings. The van der Waals surface area contributed by atoms with Crippen LogP contribution in [0.1, 0.15) is 31.1 Å². The number of likely N-dealkylation sites (N-methyl/N-ethyl adjacent to an activating group) is 1. The van der Waals surface area contributed by atoms with Gasteiger partial charge >= 0.3 is 0 Å². The van der Waals surface area contributed by atoms with Crippen LogP contribution in [0, 0.1) is 0 Å². The molecule has 1 N–H and O–H groups in total. The summed E-state index contributed by atoms with van der Waals surface area (Å²) in [5.41, 5.74) is 2.36. The Labute approximate surface area is 122 Å². The first kappa shape index (κ1) is 15.1. The zero-order valence-electron chi connectivity index (χ0n) is 12.9. The number of benzene rings is 1. The van der Waals surface area contributed by atoms with Gasteiger partial charge in [0.1, 0.15) is 11.3 Å². The molecule has 0 spiro atoms. The molecule has 0 amide bonds. The first-order valence-electron chi connectivity index (χ1n) is 7.57. The van der Waals surface area contributed by atoms with E-state index in [0.29, 0.717) is 0 Å². The second-order valence-corrected chi connectivity index (χ2v) is 5.58. The summed E-state index contributed by atoms with van der Waals surface area (Å²) in [6, 6.07) is 8.36. The van der Waals surface area contributed by atoms with Gasteiger partial charge in [-0.2, -0.15) is 0 Å². The minimum absolute atomic E-state index is 0.893. The van der Waals surface area contributed by atoms with E-state index in [2.05, 4.69) is 49.4 Å². The van der Waals surface area contributed by atoms with Crippen molar-refractivity contribution in [2.45, 2.75) is 32.7 Å². The quantitative estimate of drug-likeness (QED) is 0.748. The normalized spacial score (nSPS) is 11.6. The van der Waals surface area contributed by atoms with Crippen molar-refractivity contribution >= 4 is 11.0 Å². The molecule has 0 saturated heterocycles. The maximum atomic E-state index is 6.03. The highest BCUT2D eigenvalue weighted by molar-refractivity contribution is 5.82. The molecule has 0 radical (unpaired) electrons. The summed E-state index contributed by atoms with van der Waals surface area (Å²) in [6.07, 6.45) is 3.42. The molecule has 0 unspecified atom stereocenters. The minimum Gasteiger partial charge on any atom is -0.461 e. The van der Waals surface area contributed by atoms with Crippen LogP contribution in [0.3, 0.4) is 0 Å². The van der Waals surface area contributed by atoms with Crippen LogP contribution in [0.2, 0.25) is 0 Å². The number of rotatable bonds is 8. The molecule has 0 aliphatic heterocycles. The van der Waals surface area contributed by atoms with Crippen LogP contribution in [0.4, 0.5) is 0 Å². The lowest BCUT2D eigenvalue weighted by Gasteiger charge is -2.10. The summed E-state index contributed by atoms with van der Waals surface area (Å²) in [5, 5.41) is 4.79. The molecule has 0 bridgehead atoms. The fourth-order valence-corrected chi connectivity index (χ4v) is 2.40. The number of para-hydroxylation sites is 1. The summed E-state index contributed by atoms with van der Waals surface area (Å²) in [4.78, 5) is 2.19. The van der Waals surface area contributed by atoms with Crippen LogP contribution in [-0.4, -0.2) is 32.1 Å². The summed E-state index contributed by atoms with van der Waals surface area (Å²) in [6.45, 7) is 5.17. The van der Waals surface area contributed by atoms with Gasteiger partial charge < -0.3 is 14.6 Å². The Morgan fingerprint density at radius 1 is 1.20 bits per heavy atom. The average molecular weight is 274 g/mol. The molecule has 3 nitrogen and oxygen atoms in total. The van der Waals surface area contributed by atoms with E-state index >= 15 is 0 Å². The Kier molecular flexibility index (Phi) is 5.62. The lowest BCUT2D eigenvalue weighted by Crippen LogP contribution is -2.26. The standard InChI is InChI=1S/C17H26N2O/c1-4-5-9-17-15(13-18-11-12-19(2)3)14-8-6-7-10-16(14)20-17/h6-8,10,18H,4-5,9,11-13H2,1-3H3. The topological polar surface area (TPSA) is 28.4 Å². The predicted molar refractivity (Wildman–Crippen MR) is 85.1 cm³/mol. The van der Waals surface area contributed by atoms with Gasteiger partial charge in [-0.25, -0.2) is 0 Å². The Morgan fingerprint density at radius 2 is 2.00 bits per heavy atom. The van der Waals surface area contributed by atoms with Gasteiger partial charge in [0.05, 0.1) is 0 Å². The van der Waals surface area contributed by atoms with E-state index < -0.39 is 0 Å². The Hall–Kier alpha value is -1.32. The second-order valence-electron chi connectivity index (χ2n) is 5.58. The van der Waals surface area contributed by atoms with Crippen LogP contribution >= 0.6 is 0 Å². The highest BCUT2D eigenvalue weighted by atomic mass is 16.3. The second kappa shape index (κ2) is 7.46. The third-order valence-corrected chi connectivity index (χ3v) is 3.58. The van der Waals surface area contributed by atoms with Crippen molar-refractivity contribution in [3.63, 3.8) is 0 Å². The highest BCUT2D eigenvalue weighted by Gasteiger charge is 2.12. The number of unbranched alkanes of at least 4 members (excludes halogenated alkanes) is 1. The maximum absolute atomic E-state index is 6.03. The maximum Gasteiger partial charge on any atom is 0.134 e. The summed E-state index contributed by atoms with van der Waals surface area (Å²) in [7, 11) is 4.20. The van der Waals surface area contributed by atoms with Crippen LogP contribution in [0.5, 0.6) is 0 Å². The zero-order chi connectivity index (χ0) is 14.4. The van der Waals surface area contributed by atoms with Crippen molar-refractivity contribution in [1.29, 1.82) is 0 Å². The molecule has 20 heavy (non-hydrogen) atoms. The van der Waals surface area contributed by atoms with E-state index in [9.17, 15) is 0 Å². The van der Waals surface area contributed by atoms with E-state index in [1.807, 2.05) is 6.07 Å². The smallest absolute Gasteiger partial charge is 0.134 e. The lowest BCUT2D eigenvalue weighted by molar-refractivity contribution is 0.399. The molecule has 0 saturated carbocycles. The highest BCUT2D eigenvalue weighted by Crippen LogP contribution is 2.27. The van der Waals surface area contributed by atoms with Crippen molar-refractivity contribution in [1.82, 2.24) is 10.2 Å². The van der Waals surface area contributed by atoms with E-state index in [1.54, 1.807) is 0 Å². The Morgan fingerprint density at radius 3 is 2.75 bits per heavy atom. The molecule has 2 rings (SSSR count). The van der Waals surface area contributed by atoms with Gasteiger partial charge in [0.15, 0.2) is 0 Å². The third-order valence-electron chi connectivity index (χ3n) is 3.58. The van der Waals surface area contributed by atoms with Crippen molar-refractivity contribution in [2.24, 2.45) is 0 Å². The number of nitrogens with zero attached hydrogens (tertiary/aromatic N) is 1. The number of fused-ring (bicyclic) bond motifs is 1. The summed E-state index contributed by atoms with van der Waals surface area (Å²) >= 11 is 0. The zero-order valence-corrected chi connectivity index (χ0v) is 12.9. The van der Waals surface area contributed by atoms with E-state index in [4.69, 9.17) is 4.42 Å². The van der Waals surface area contributed by atoms with Crippen LogP contribution in [0.25, 0.3) is 11.0 Å². The fourth-order valence-electron chi connectivity index (χ4n) is 2.40. The molecule has 110 valence electrons.